The summed E-state index contributed by atoms with van der Waals surface area (Å²) in [6, 6.07) is 6.58. The van der Waals surface area contributed by atoms with Gasteiger partial charge in [0.05, 0.1) is 18.6 Å². The Hall–Kier alpha value is -2.54. The van der Waals surface area contributed by atoms with Crippen molar-refractivity contribution in [3.63, 3.8) is 0 Å². The number of carbonyl (C=O) groups excluding carboxylic acids is 1. The largest absolute Gasteiger partial charge is 0.372 e. The molecule has 0 radical (unpaired) electrons. The van der Waals surface area contributed by atoms with Crippen molar-refractivity contribution in [1.29, 1.82) is 0 Å². The van der Waals surface area contributed by atoms with E-state index in [1.54, 1.807) is 42.5 Å². The maximum Gasteiger partial charge on any atom is 0.233 e. The van der Waals surface area contributed by atoms with Gasteiger partial charge in [-0.3, -0.25) is 9.78 Å². The number of aromatic nitrogens is 2. The van der Waals surface area contributed by atoms with Crippen molar-refractivity contribution in [2.45, 2.75) is 24.4 Å². The fourth-order valence-electron chi connectivity index (χ4n) is 3.65. The summed E-state index contributed by atoms with van der Waals surface area (Å²) < 4.78 is 20.1. The van der Waals surface area contributed by atoms with E-state index in [-0.39, 0.29) is 17.8 Å². The molecule has 0 bridgehead atoms. The van der Waals surface area contributed by atoms with Crippen LogP contribution >= 0.6 is 0 Å². The molecule has 1 aromatic heterocycles. The molecule has 1 amide bonds. The second-order valence-corrected chi connectivity index (χ2v) is 6.71. The number of nitrogens with one attached hydrogen (secondary N) is 1. The molecule has 0 spiro atoms. The van der Waals surface area contributed by atoms with E-state index < -0.39 is 5.41 Å². The van der Waals surface area contributed by atoms with Gasteiger partial charge in [-0.1, -0.05) is 18.2 Å². The first-order chi connectivity index (χ1) is 12.7. The molecule has 2 aromatic rings. The van der Waals surface area contributed by atoms with Crippen LogP contribution in [0.15, 0.2) is 36.7 Å². The number of anilines is 1. The minimum absolute atomic E-state index is 0.0224. The SMILES string of the molecule is CNc1nccnc1[C@@H]1CN(C(=O)C2(c3ccccc3F)CC2)CCO1. The average Bonchev–Trinajstić information content (AvgIpc) is 3.49. The molecule has 2 fully saturated rings. The van der Waals surface area contributed by atoms with Crippen LogP contribution in [0.4, 0.5) is 10.2 Å². The van der Waals surface area contributed by atoms with Gasteiger partial charge in [-0.15, -0.1) is 0 Å². The van der Waals surface area contributed by atoms with Gasteiger partial charge < -0.3 is 15.0 Å². The molecular weight excluding hydrogens is 335 g/mol. The Morgan fingerprint density at radius 2 is 2.08 bits per heavy atom. The standard InChI is InChI=1S/C19H21FN4O2/c1-21-17-16(22-8-9-23-17)15-12-24(10-11-26-15)18(25)19(6-7-19)13-4-2-3-5-14(13)20/h2-5,8-9,15H,6-7,10-12H2,1H3,(H,21,23)/t15-/m0/s1. The molecule has 26 heavy (non-hydrogen) atoms. The second kappa shape index (κ2) is 6.64. The third kappa shape index (κ3) is 2.82. The first-order valence-corrected chi connectivity index (χ1v) is 8.80. The highest BCUT2D eigenvalue weighted by molar-refractivity contribution is 5.91. The van der Waals surface area contributed by atoms with E-state index in [0.717, 1.165) is 0 Å². The lowest BCUT2D eigenvalue weighted by molar-refractivity contribution is -0.142. The Kier molecular flexibility index (Phi) is 4.32. The topological polar surface area (TPSA) is 67.4 Å². The number of carbonyl (C=O) groups is 1. The van der Waals surface area contributed by atoms with E-state index >= 15 is 0 Å². The van der Waals surface area contributed by atoms with Crippen molar-refractivity contribution in [1.82, 2.24) is 14.9 Å². The lowest BCUT2D eigenvalue weighted by Gasteiger charge is -2.35. The zero-order valence-electron chi connectivity index (χ0n) is 14.6. The van der Waals surface area contributed by atoms with Crippen molar-refractivity contribution in [3.05, 3.63) is 53.7 Å². The fourth-order valence-corrected chi connectivity index (χ4v) is 3.65. The maximum atomic E-state index is 14.3. The van der Waals surface area contributed by atoms with Crippen LogP contribution in [0.2, 0.25) is 0 Å². The Morgan fingerprint density at radius 3 is 2.81 bits per heavy atom. The Labute approximate surface area is 151 Å². The zero-order chi connectivity index (χ0) is 18.1. The second-order valence-electron chi connectivity index (χ2n) is 6.71. The molecule has 7 heteroatoms. The zero-order valence-corrected chi connectivity index (χ0v) is 14.6. The highest BCUT2D eigenvalue weighted by Gasteiger charge is 2.54. The maximum absolute atomic E-state index is 14.3. The molecule has 1 aliphatic heterocycles. The van der Waals surface area contributed by atoms with Gasteiger partial charge >= 0.3 is 0 Å². The molecule has 1 atom stereocenters. The van der Waals surface area contributed by atoms with Crippen molar-refractivity contribution < 1.29 is 13.9 Å². The summed E-state index contributed by atoms with van der Waals surface area (Å²) in [4.78, 5) is 23.6. The number of benzene rings is 1. The first kappa shape index (κ1) is 16.9. The van der Waals surface area contributed by atoms with Gasteiger partial charge in [-0.05, 0) is 18.9 Å². The lowest BCUT2D eigenvalue weighted by atomic mass is 9.93. The Bertz CT molecular complexity index is 825. The minimum Gasteiger partial charge on any atom is -0.372 e. The molecule has 136 valence electrons. The predicted molar refractivity (Wildman–Crippen MR) is 94.2 cm³/mol. The summed E-state index contributed by atoms with van der Waals surface area (Å²) >= 11 is 0. The van der Waals surface area contributed by atoms with Crippen molar-refractivity contribution >= 4 is 11.7 Å². The summed E-state index contributed by atoms with van der Waals surface area (Å²) in [7, 11) is 1.77. The monoisotopic (exact) mass is 356 g/mol. The smallest absolute Gasteiger partial charge is 0.233 e. The van der Waals surface area contributed by atoms with Crippen molar-refractivity contribution in [2.75, 3.05) is 32.1 Å². The summed E-state index contributed by atoms with van der Waals surface area (Å²) in [6.07, 6.45) is 4.24. The lowest BCUT2D eigenvalue weighted by Crippen LogP contribution is -2.47. The number of rotatable bonds is 4. The molecule has 6 nitrogen and oxygen atoms in total. The van der Waals surface area contributed by atoms with Crippen LogP contribution in [0, 0.1) is 5.82 Å². The van der Waals surface area contributed by atoms with E-state index in [9.17, 15) is 9.18 Å². The minimum atomic E-state index is -0.721. The Morgan fingerprint density at radius 1 is 1.31 bits per heavy atom. The molecule has 1 aromatic carbocycles. The Balaban J connectivity index is 1.57. The predicted octanol–water partition coefficient (Wildman–Crippen LogP) is 2.29. The third-order valence-electron chi connectivity index (χ3n) is 5.17. The fraction of sp³-hybridized carbons (Fsp3) is 0.421. The quantitative estimate of drug-likeness (QED) is 0.910. The van der Waals surface area contributed by atoms with Crippen molar-refractivity contribution in [3.8, 4) is 0 Å². The number of amides is 1. The van der Waals surface area contributed by atoms with Gasteiger partial charge in [0, 0.05) is 31.5 Å². The van der Waals surface area contributed by atoms with Gasteiger partial charge in [0.1, 0.15) is 23.4 Å². The number of hydrogen-bond donors (Lipinski definition) is 1. The summed E-state index contributed by atoms with van der Waals surface area (Å²) in [5.41, 5.74) is 0.466. The normalized spacial score (nSPS) is 21.3. The number of morpholine rings is 1. The molecule has 1 saturated carbocycles. The third-order valence-corrected chi connectivity index (χ3v) is 5.17. The molecular formula is C19H21FN4O2. The first-order valence-electron chi connectivity index (χ1n) is 8.80. The summed E-state index contributed by atoms with van der Waals surface area (Å²) in [5, 5.41) is 3.01. The van der Waals surface area contributed by atoms with Gasteiger partial charge in [-0.2, -0.15) is 0 Å². The molecule has 1 N–H and O–H groups in total. The summed E-state index contributed by atoms with van der Waals surface area (Å²) in [5.74, 6) is 0.308. The van der Waals surface area contributed by atoms with Crippen molar-refractivity contribution in [2.24, 2.45) is 0 Å². The van der Waals surface area contributed by atoms with Crippen LogP contribution in [-0.4, -0.2) is 47.5 Å². The highest BCUT2D eigenvalue weighted by atomic mass is 19.1. The van der Waals surface area contributed by atoms with Crippen LogP contribution in [-0.2, 0) is 14.9 Å². The number of hydrogen-bond acceptors (Lipinski definition) is 5. The van der Waals surface area contributed by atoms with E-state index in [0.29, 0.717) is 49.6 Å². The molecule has 1 saturated heterocycles. The molecule has 0 unspecified atom stereocenters. The molecule has 4 rings (SSSR count). The van der Waals surface area contributed by atoms with Crippen LogP contribution in [0.3, 0.4) is 0 Å². The van der Waals surface area contributed by atoms with Gasteiger partial charge in [0.15, 0.2) is 0 Å². The van der Waals surface area contributed by atoms with Crippen LogP contribution in [0.1, 0.15) is 30.2 Å². The van der Waals surface area contributed by atoms with Crippen LogP contribution < -0.4 is 5.32 Å². The van der Waals surface area contributed by atoms with E-state index in [4.69, 9.17) is 4.74 Å². The highest BCUT2D eigenvalue weighted by Crippen LogP contribution is 2.50. The summed E-state index contributed by atoms with van der Waals surface area (Å²) in [6.45, 7) is 1.31. The number of halogens is 1. The van der Waals surface area contributed by atoms with Gasteiger partial charge in [0.2, 0.25) is 5.91 Å². The molecule has 2 aliphatic rings. The van der Waals surface area contributed by atoms with E-state index in [2.05, 4.69) is 15.3 Å². The van der Waals surface area contributed by atoms with Gasteiger partial charge in [-0.25, -0.2) is 9.37 Å². The molecule has 1 aliphatic carbocycles. The van der Waals surface area contributed by atoms with Crippen LogP contribution in [0.25, 0.3) is 0 Å². The van der Waals surface area contributed by atoms with E-state index in [1.807, 2.05) is 0 Å². The molecule has 2 heterocycles. The average molecular weight is 356 g/mol. The number of nitrogens with zero attached hydrogens (tertiary/aromatic N) is 3. The van der Waals surface area contributed by atoms with Gasteiger partial charge in [0.25, 0.3) is 0 Å². The van der Waals surface area contributed by atoms with Crippen LogP contribution in [0.5, 0.6) is 0 Å². The van der Waals surface area contributed by atoms with E-state index in [1.165, 1.54) is 6.07 Å². The number of ether oxygens (including phenoxy) is 1.